The highest BCUT2D eigenvalue weighted by Gasteiger charge is 2.39. The summed E-state index contributed by atoms with van der Waals surface area (Å²) in [5, 5.41) is -0.148. The Morgan fingerprint density at radius 3 is 2.86 bits per heavy atom. The molecule has 1 aliphatic carbocycles. The van der Waals surface area contributed by atoms with E-state index in [0.717, 1.165) is 31.9 Å². The van der Waals surface area contributed by atoms with E-state index in [1.54, 1.807) is 6.07 Å². The van der Waals surface area contributed by atoms with E-state index >= 15 is 0 Å². The monoisotopic (exact) mass is 324 g/mol. The second-order valence-corrected chi connectivity index (χ2v) is 8.01. The Bertz CT molecular complexity index is 676. The molecule has 1 aromatic rings. The number of hydrazine groups is 1. The van der Waals surface area contributed by atoms with Gasteiger partial charge in [0.25, 0.3) is 0 Å². The van der Waals surface area contributed by atoms with Gasteiger partial charge in [-0.05, 0) is 24.8 Å². The first-order chi connectivity index (χ1) is 10.4. The number of amides is 1. The number of hydrogen-bond donors (Lipinski definition) is 2. The lowest BCUT2D eigenvalue weighted by molar-refractivity contribution is -0.133. The van der Waals surface area contributed by atoms with Crippen molar-refractivity contribution in [2.24, 2.45) is 11.8 Å². The highest BCUT2D eigenvalue weighted by atomic mass is 32.2. The second kappa shape index (κ2) is 5.92. The quantitative estimate of drug-likeness (QED) is 0.772. The van der Waals surface area contributed by atoms with Crippen molar-refractivity contribution < 1.29 is 13.2 Å². The fourth-order valence-electron chi connectivity index (χ4n) is 3.43. The average molecular weight is 324 g/mol. The molecule has 22 heavy (non-hydrogen) atoms. The lowest BCUT2D eigenvalue weighted by Crippen LogP contribution is -2.60. The Morgan fingerprint density at radius 1 is 1.32 bits per heavy atom. The number of aromatic nitrogens is 2. The predicted molar refractivity (Wildman–Crippen MR) is 79.4 cm³/mol. The van der Waals surface area contributed by atoms with Gasteiger partial charge in [-0.2, -0.15) is 0 Å². The normalized spacial score (nSPS) is 28.8. The van der Waals surface area contributed by atoms with Gasteiger partial charge in [0, 0.05) is 36.5 Å². The Balaban J connectivity index is 1.79. The fraction of sp³-hybridized carbons (Fsp3) is 0.643. The first-order valence-corrected chi connectivity index (χ1v) is 9.41. The summed E-state index contributed by atoms with van der Waals surface area (Å²) in [6.07, 6.45) is 7.30. The zero-order valence-corrected chi connectivity index (χ0v) is 13.3. The third-order valence-corrected chi connectivity index (χ3v) is 5.37. The summed E-state index contributed by atoms with van der Waals surface area (Å²) in [5.41, 5.74) is 6.49. The fourth-order valence-corrected chi connectivity index (χ4v) is 3.96. The van der Waals surface area contributed by atoms with Crippen LogP contribution < -0.4 is 10.9 Å². The molecule has 7 nitrogen and oxygen atoms in total. The van der Waals surface area contributed by atoms with Gasteiger partial charge in [-0.25, -0.2) is 23.8 Å². The highest BCUT2D eigenvalue weighted by molar-refractivity contribution is 7.90. The van der Waals surface area contributed by atoms with E-state index in [2.05, 4.69) is 20.8 Å². The number of carbonyl (C=O) groups excluding carboxylic acids is 1. The highest BCUT2D eigenvalue weighted by Crippen LogP contribution is 2.35. The van der Waals surface area contributed by atoms with Crippen LogP contribution in [0.4, 0.5) is 0 Å². The molecule has 1 saturated heterocycles. The van der Waals surface area contributed by atoms with Crippen LogP contribution in [-0.2, 0) is 21.1 Å². The van der Waals surface area contributed by atoms with Crippen molar-refractivity contribution in [3.63, 3.8) is 0 Å². The molecule has 2 heterocycles. The summed E-state index contributed by atoms with van der Waals surface area (Å²) < 4.78 is 23.1. The van der Waals surface area contributed by atoms with E-state index < -0.39 is 9.84 Å². The van der Waals surface area contributed by atoms with Gasteiger partial charge in [0.1, 0.15) is 0 Å². The topological polar surface area (TPSA) is 101 Å². The van der Waals surface area contributed by atoms with E-state index in [9.17, 15) is 13.2 Å². The molecular weight excluding hydrogens is 304 g/mol. The van der Waals surface area contributed by atoms with Crippen molar-refractivity contribution in [1.29, 1.82) is 0 Å². The minimum atomic E-state index is -3.41. The third-order valence-electron chi connectivity index (χ3n) is 4.51. The molecule has 1 saturated carbocycles. The van der Waals surface area contributed by atoms with E-state index in [1.807, 2.05) is 0 Å². The van der Waals surface area contributed by atoms with Crippen LogP contribution in [0.3, 0.4) is 0 Å². The summed E-state index contributed by atoms with van der Waals surface area (Å²) in [6.45, 7) is 0. The van der Waals surface area contributed by atoms with Gasteiger partial charge in [-0.1, -0.05) is 12.8 Å². The largest absolute Gasteiger partial charge is 0.291 e. The SMILES string of the molecule is CS(=O)(=O)c1nccc(CC2NNC(=O)C3CCCCC23)n1. The molecule has 3 rings (SSSR count). The Hall–Kier alpha value is -1.54. The predicted octanol–water partition coefficient (Wildman–Crippen LogP) is 0.232. The zero-order chi connectivity index (χ0) is 15.7. The minimum Gasteiger partial charge on any atom is -0.291 e. The Labute approximate surface area is 129 Å². The van der Waals surface area contributed by atoms with Crippen LogP contribution in [0.25, 0.3) is 0 Å². The van der Waals surface area contributed by atoms with Crippen molar-refractivity contribution >= 4 is 15.7 Å². The molecule has 3 unspecified atom stereocenters. The van der Waals surface area contributed by atoms with Crippen molar-refractivity contribution in [1.82, 2.24) is 20.8 Å². The average Bonchev–Trinajstić information content (AvgIpc) is 2.50. The summed E-state index contributed by atoms with van der Waals surface area (Å²) in [4.78, 5) is 19.9. The number of nitrogens with one attached hydrogen (secondary N) is 2. The molecule has 1 aliphatic heterocycles. The van der Waals surface area contributed by atoms with Gasteiger partial charge in [0.2, 0.25) is 20.9 Å². The molecule has 0 bridgehead atoms. The summed E-state index contributed by atoms with van der Waals surface area (Å²) in [6, 6.07) is 1.80. The van der Waals surface area contributed by atoms with Crippen molar-refractivity contribution in [3.8, 4) is 0 Å². The van der Waals surface area contributed by atoms with E-state index in [-0.39, 0.29) is 28.9 Å². The van der Waals surface area contributed by atoms with Crippen molar-refractivity contribution in [3.05, 3.63) is 18.0 Å². The molecule has 2 aliphatic rings. The van der Waals surface area contributed by atoms with Gasteiger partial charge in [-0.3, -0.25) is 10.2 Å². The minimum absolute atomic E-state index is 0.0521. The van der Waals surface area contributed by atoms with Crippen LogP contribution in [0.2, 0.25) is 0 Å². The van der Waals surface area contributed by atoms with Gasteiger partial charge >= 0.3 is 0 Å². The third kappa shape index (κ3) is 3.12. The molecule has 2 fully saturated rings. The molecular formula is C14H20N4O3S. The Morgan fingerprint density at radius 2 is 2.09 bits per heavy atom. The van der Waals surface area contributed by atoms with Gasteiger partial charge < -0.3 is 0 Å². The maximum atomic E-state index is 11.9. The molecule has 120 valence electrons. The molecule has 0 spiro atoms. The number of carbonyl (C=O) groups is 1. The van der Waals surface area contributed by atoms with Crippen LogP contribution >= 0.6 is 0 Å². The summed E-state index contributed by atoms with van der Waals surface area (Å²) in [7, 11) is -3.41. The smallest absolute Gasteiger partial charge is 0.246 e. The van der Waals surface area contributed by atoms with Gasteiger partial charge in [0.15, 0.2) is 0 Å². The summed E-state index contributed by atoms with van der Waals surface area (Å²) in [5.74, 6) is 0.399. The van der Waals surface area contributed by atoms with Crippen LogP contribution in [0.5, 0.6) is 0 Å². The summed E-state index contributed by atoms with van der Waals surface area (Å²) >= 11 is 0. The van der Waals surface area contributed by atoms with Crippen molar-refractivity contribution in [2.45, 2.75) is 43.3 Å². The van der Waals surface area contributed by atoms with Gasteiger partial charge in [0.05, 0.1) is 0 Å². The number of nitrogens with zero attached hydrogens (tertiary/aromatic N) is 2. The molecule has 8 heteroatoms. The molecule has 1 amide bonds. The van der Waals surface area contributed by atoms with E-state index in [1.165, 1.54) is 6.20 Å². The van der Waals surface area contributed by atoms with Crippen LogP contribution in [0, 0.1) is 11.8 Å². The molecule has 1 aromatic heterocycles. The van der Waals surface area contributed by atoms with E-state index in [0.29, 0.717) is 12.1 Å². The van der Waals surface area contributed by atoms with Crippen LogP contribution in [-0.4, -0.2) is 36.6 Å². The molecule has 3 atom stereocenters. The lowest BCUT2D eigenvalue weighted by atomic mass is 9.73. The maximum absolute atomic E-state index is 11.9. The van der Waals surface area contributed by atoms with Gasteiger partial charge in [-0.15, -0.1) is 0 Å². The van der Waals surface area contributed by atoms with Crippen molar-refractivity contribution in [2.75, 3.05) is 6.26 Å². The number of rotatable bonds is 3. The zero-order valence-electron chi connectivity index (χ0n) is 12.4. The lowest BCUT2D eigenvalue weighted by Gasteiger charge is -2.41. The number of hydrogen-bond acceptors (Lipinski definition) is 6. The second-order valence-electron chi connectivity index (χ2n) is 6.10. The first-order valence-electron chi connectivity index (χ1n) is 7.52. The standard InChI is InChI=1S/C14H20N4O3S/c1-22(20,21)14-15-7-6-9(16-14)8-12-10-4-2-3-5-11(10)13(19)18-17-12/h6-7,10-12,17H,2-5,8H2,1H3,(H,18,19). The van der Waals surface area contributed by atoms with Crippen LogP contribution in [0.15, 0.2) is 17.4 Å². The molecule has 0 radical (unpaired) electrons. The number of sulfone groups is 1. The Kier molecular flexibility index (Phi) is 4.14. The molecule has 2 N–H and O–H groups in total. The number of fused-ring (bicyclic) bond motifs is 1. The van der Waals surface area contributed by atoms with Crippen LogP contribution in [0.1, 0.15) is 31.4 Å². The molecule has 0 aromatic carbocycles. The maximum Gasteiger partial charge on any atom is 0.246 e. The first kappa shape index (κ1) is 15.4. The van der Waals surface area contributed by atoms with E-state index in [4.69, 9.17) is 0 Å².